The van der Waals surface area contributed by atoms with Crippen molar-refractivity contribution >= 4 is 5.78 Å². The van der Waals surface area contributed by atoms with Gasteiger partial charge in [-0.25, -0.2) is 4.98 Å². The second-order valence-corrected chi connectivity index (χ2v) is 4.50. The molecule has 0 aliphatic heterocycles. The van der Waals surface area contributed by atoms with E-state index in [1.54, 1.807) is 19.2 Å². The zero-order chi connectivity index (χ0) is 12.9. The highest BCUT2D eigenvalue weighted by atomic mass is 16.5. The Labute approximate surface area is 102 Å². The Morgan fingerprint density at radius 2 is 2.12 bits per heavy atom. The molecule has 0 spiro atoms. The number of rotatable bonds is 6. The summed E-state index contributed by atoms with van der Waals surface area (Å²) in [6.45, 7) is 6.05. The third-order valence-electron chi connectivity index (χ3n) is 2.65. The van der Waals surface area contributed by atoms with Crippen LogP contribution in [-0.2, 0) is 4.74 Å². The molecule has 1 heterocycles. The van der Waals surface area contributed by atoms with Crippen molar-refractivity contribution in [3.8, 4) is 5.88 Å². The summed E-state index contributed by atoms with van der Waals surface area (Å²) in [6.07, 6.45) is 2.30. The average molecular weight is 237 g/mol. The Hall–Kier alpha value is -1.42. The van der Waals surface area contributed by atoms with E-state index < -0.39 is 0 Å². The first-order valence-corrected chi connectivity index (χ1v) is 5.59. The third kappa shape index (κ3) is 4.53. The van der Waals surface area contributed by atoms with Crippen molar-refractivity contribution in [2.75, 3.05) is 13.7 Å². The molecule has 0 aromatic carbocycles. The first kappa shape index (κ1) is 13.6. The number of nitrogens with zero attached hydrogens (tertiary/aromatic N) is 1. The number of carbonyl (C=O) groups excluding carboxylic acids is 1. The Morgan fingerprint density at radius 1 is 1.41 bits per heavy atom. The predicted octanol–water partition coefficient (Wildman–Crippen LogP) is 2.48. The minimum absolute atomic E-state index is 0.00423. The highest BCUT2D eigenvalue weighted by molar-refractivity contribution is 5.93. The average Bonchev–Trinajstić information content (AvgIpc) is 2.29. The maximum Gasteiger partial charge on any atom is 0.213 e. The monoisotopic (exact) mass is 237 g/mol. The largest absolute Gasteiger partial charge is 0.478 e. The molecule has 0 unspecified atom stereocenters. The van der Waals surface area contributed by atoms with Crippen molar-refractivity contribution in [3.05, 3.63) is 23.9 Å². The smallest absolute Gasteiger partial charge is 0.213 e. The topological polar surface area (TPSA) is 48.4 Å². The van der Waals surface area contributed by atoms with Crippen molar-refractivity contribution in [3.63, 3.8) is 0 Å². The van der Waals surface area contributed by atoms with Crippen LogP contribution in [0.4, 0.5) is 0 Å². The highest BCUT2D eigenvalue weighted by Gasteiger charge is 2.16. The van der Waals surface area contributed by atoms with Crippen LogP contribution in [0.5, 0.6) is 5.88 Å². The molecule has 0 fully saturated rings. The summed E-state index contributed by atoms with van der Waals surface area (Å²) in [5.41, 5.74) is 0.397. The van der Waals surface area contributed by atoms with Crippen LogP contribution in [0.25, 0.3) is 0 Å². The fourth-order valence-corrected chi connectivity index (χ4v) is 1.18. The molecule has 17 heavy (non-hydrogen) atoms. The lowest BCUT2D eigenvalue weighted by atomic mass is 10.1. The quantitative estimate of drug-likeness (QED) is 0.713. The lowest BCUT2D eigenvalue weighted by Gasteiger charge is -2.22. The van der Waals surface area contributed by atoms with E-state index in [1.165, 1.54) is 13.1 Å². The standard InChI is InChI=1S/C13H19NO3/c1-10(15)11-5-6-12(14-9-11)17-8-7-13(2,3)16-4/h5-6,9H,7-8H2,1-4H3. The third-order valence-corrected chi connectivity index (χ3v) is 2.65. The van der Waals surface area contributed by atoms with E-state index in [0.717, 1.165) is 6.42 Å². The molecule has 1 aromatic heterocycles. The van der Waals surface area contributed by atoms with E-state index in [0.29, 0.717) is 18.1 Å². The van der Waals surface area contributed by atoms with Gasteiger partial charge in [0, 0.05) is 31.4 Å². The van der Waals surface area contributed by atoms with Gasteiger partial charge in [0.15, 0.2) is 5.78 Å². The van der Waals surface area contributed by atoms with E-state index in [2.05, 4.69) is 4.98 Å². The van der Waals surface area contributed by atoms with Gasteiger partial charge in [-0.05, 0) is 26.8 Å². The number of carbonyl (C=O) groups is 1. The Morgan fingerprint density at radius 3 is 2.59 bits per heavy atom. The van der Waals surface area contributed by atoms with Crippen LogP contribution in [0.1, 0.15) is 37.6 Å². The van der Waals surface area contributed by atoms with Crippen LogP contribution >= 0.6 is 0 Å². The second kappa shape index (κ2) is 5.77. The van der Waals surface area contributed by atoms with Crippen molar-refractivity contribution in [2.24, 2.45) is 0 Å². The molecule has 1 aromatic rings. The first-order valence-electron chi connectivity index (χ1n) is 5.59. The Bertz CT molecular complexity index is 371. The SMILES string of the molecule is COC(C)(C)CCOc1ccc(C(C)=O)cn1. The minimum atomic E-state index is -0.195. The Balaban J connectivity index is 2.45. The summed E-state index contributed by atoms with van der Waals surface area (Å²) in [5, 5.41) is 0. The Kier molecular flexibility index (Phi) is 4.63. The maximum absolute atomic E-state index is 11.0. The molecule has 0 aliphatic carbocycles. The molecule has 0 saturated carbocycles. The van der Waals surface area contributed by atoms with E-state index in [9.17, 15) is 4.79 Å². The number of aromatic nitrogens is 1. The van der Waals surface area contributed by atoms with Crippen LogP contribution in [-0.4, -0.2) is 30.1 Å². The van der Waals surface area contributed by atoms with E-state index >= 15 is 0 Å². The molecule has 0 saturated heterocycles. The number of ether oxygens (including phenoxy) is 2. The van der Waals surface area contributed by atoms with Crippen LogP contribution in [0.2, 0.25) is 0 Å². The molecule has 4 nitrogen and oxygen atoms in total. The van der Waals surface area contributed by atoms with Crippen molar-refractivity contribution in [1.29, 1.82) is 0 Å². The lowest BCUT2D eigenvalue weighted by Crippen LogP contribution is -2.25. The minimum Gasteiger partial charge on any atom is -0.478 e. The molecule has 0 amide bonds. The van der Waals surface area contributed by atoms with Gasteiger partial charge in [0.25, 0.3) is 0 Å². The summed E-state index contributed by atoms with van der Waals surface area (Å²) < 4.78 is 10.8. The summed E-state index contributed by atoms with van der Waals surface area (Å²) in [7, 11) is 1.68. The van der Waals surface area contributed by atoms with Gasteiger partial charge in [0.2, 0.25) is 5.88 Å². The number of ketones is 1. The van der Waals surface area contributed by atoms with Gasteiger partial charge < -0.3 is 9.47 Å². The van der Waals surface area contributed by atoms with Crippen molar-refractivity contribution in [1.82, 2.24) is 4.98 Å². The number of hydrogen-bond donors (Lipinski definition) is 0. The van der Waals surface area contributed by atoms with E-state index in [4.69, 9.17) is 9.47 Å². The van der Waals surface area contributed by atoms with Gasteiger partial charge in [0.1, 0.15) is 0 Å². The molecule has 0 atom stereocenters. The molecule has 0 N–H and O–H groups in total. The number of methoxy groups -OCH3 is 1. The first-order chi connectivity index (χ1) is 7.94. The molecular formula is C13H19NO3. The normalized spacial score (nSPS) is 11.3. The van der Waals surface area contributed by atoms with Gasteiger partial charge in [-0.1, -0.05) is 0 Å². The molecule has 1 rings (SSSR count). The number of hydrogen-bond acceptors (Lipinski definition) is 4. The fraction of sp³-hybridized carbons (Fsp3) is 0.538. The summed E-state index contributed by atoms with van der Waals surface area (Å²) >= 11 is 0. The zero-order valence-corrected chi connectivity index (χ0v) is 10.8. The van der Waals surface area contributed by atoms with Gasteiger partial charge in [-0.15, -0.1) is 0 Å². The van der Waals surface area contributed by atoms with Crippen LogP contribution in [0.15, 0.2) is 18.3 Å². The molecule has 4 heteroatoms. The number of pyridine rings is 1. The lowest BCUT2D eigenvalue weighted by molar-refractivity contribution is 0.00509. The summed E-state index contributed by atoms with van der Waals surface area (Å²) in [6, 6.07) is 3.42. The number of Topliss-reactive ketones (excluding diaryl/α,β-unsaturated/α-hetero) is 1. The molecule has 94 valence electrons. The van der Waals surface area contributed by atoms with E-state index in [1.807, 2.05) is 13.8 Å². The zero-order valence-electron chi connectivity index (χ0n) is 10.8. The van der Waals surface area contributed by atoms with Crippen LogP contribution in [0.3, 0.4) is 0 Å². The maximum atomic E-state index is 11.0. The predicted molar refractivity (Wildman–Crippen MR) is 65.4 cm³/mol. The molecular weight excluding hydrogens is 218 g/mol. The van der Waals surface area contributed by atoms with Gasteiger partial charge in [-0.2, -0.15) is 0 Å². The van der Waals surface area contributed by atoms with Crippen molar-refractivity contribution in [2.45, 2.75) is 32.8 Å². The highest BCUT2D eigenvalue weighted by Crippen LogP contribution is 2.14. The fourth-order valence-electron chi connectivity index (χ4n) is 1.18. The van der Waals surface area contributed by atoms with Gasteiger partial charge in [-0.3, -0.25) is 4.79 Å². The summed E-state index contributed by atoms with van der Waals surface area (Å²) in [4.78, 5) is 15.1. The van der Waals surface area contributed by atoms with Gasteiger partial charge >= 0.3 is 0 Å². The molecule has 0 aliphatic rings. The second-order valence-electron chi connectivity index (χ2n) is 4.50. The molecule has 0 bridgehead atoms. The van der Waals surface area contributed by atoms with Crippen molar-refractivity contribution < 1.29 is 14.3 Å². The van der Waals surface area contributed by atoms with E-state index in [-0.39, 0.29) is 11.4 Å². The van der Waals surface area contributed by atoms with Crippen LogP contribution in [0, 0.1) is 0 Å². The molecule has 0 radical (unpaired) electrons. The summed E-state index contributed by atoms with van der Waals surface area (Å²) in [5.74, 6) is 0.534. The van der Waals surface area contributed by atoms with Gasteiger partial charge in [0.05, 0.1) is 12.2 Å². The van der Waals surface area contributed by atoms with Crippen LogP contribution < -0.4 is 4.74 Å².